The fraction of sp³-hybridized carbons (Fsp3) is 0.938. The molecule has 0 aromatic carbocycles. The molecule has 2 unspecified atom stereocenters. The Kier molecular flexibility index (Phi) is 10.7. The van der Waals surface area contributed by atoms with Crippen LogP contribution in [0.2, 0.25) is 0 Å². The lowest BCUT2D eigenvalue weighted by Crippen LogP contribution is -2.55. The lowest BCUT2D eigenvalue weighted by Gasteiger charge is -2.41. The lowest BCUT2D eigenvalue weighted by molar-refractivity contribution is -0.123. The third kappa shape index (κ3) is 7.14. The number of ether oxygens (including phenoxy) is 1. The Morgan fingerprint density at radius 1 is 1.22 bits per heavy atom. The van der Waals surface area contributed by atoms with Crippen molar-refractivity contribution in [3.8, 4) is 0 Å². The van der Waals surface area contributed by atoms with Crippen LogP contribution in [0.3, 0.4) is 0 Å². The molecule has 0 aromatic heterocycles. The number of amides is 1. The maximum atomic E-state index is 12.2. The zero-order valence-electron chi connectivity index (χ0n) is 14.4. The second-order valence-corrected chi connectivity index (χ2v) is 7.10. The molecule has 7 heteroatoms. The van der Waals surface area contributed by atoms with Crippen molar-refractivity contribution >= 4 is 30.7 Å². The summed E-state index contributed by atoms with van der Waals surface area (Å²) in [7, 11) is 0. The van der Waals surface area contributed by atoms with Gasteiger partial charge >= 0.3 is 0 Å². The number of hydrogen-bond acceptors (Lipinski definition) is 4. The van der Waals surface area contributed by atoms with E-state index in [1.165, 1.54) is 12.8 Å². The Balaban J connectivity index is 0.00000242. The van der Waals surface area contributed by atoms with Gasteiger partial charge in [0.2, 0.25) is 5.91 Å². The molecule has 1 saturated heterocycles. The van der Waals surface area contributed by atoms with Gasteiger partial charge in [0.05, 0.1) is 13.2 Å². The number of morpholine rings is 1. The molecule has 138 valence electrons. The minimum atomic E-state index is -0.0197. The van der Waals surface area contributed by atoms with Crippen LogP contribution in [0, 0.1) is 5.92 Å². The fourth-order valence-electron chi connectivity index (χ4n) is 3.40. The normalized spacial score (nSPS) is 25.9. The highest BCUT2D eigenvalue weighted by atomic mass is 35.5. The van der Waals surface area contributed by atoms with Crippen molar-refractivity contribution in [2.24, 2.45) is 11.7 Å². The first-order valence-corrected chi connectivity index (χ1v) is 8.34. The SMILES string of the molecule is CC(C)(CNC(=O)CC1CCCCC1N)N1CCOCC1.Cl.Cl. The topological polar surface area (TPSA) is 67.6 Å². The number of nitrogens with one attached hydrogen (secondary N) is 1. The number of nitrogens with zero attached hydrogens (tertiary/aromatic N) is 1. The van der Waals surface area contributed by atoms with Crippen LogP contribution in [0.1, 0.15) is 46.0 Å². The number of carbonyl (C=O) groups is 1. The van der Waals surface area contributed by atoms with E-state index in [2.05, 4.69) is 24.1 Å². The summed E-state index contributed by atoms with van der Waals surface area (Å²) in [5.41, 5.74) is 6.10. The minimum Gasteiger partial charge on any atom is -0.379 e. The van der Waals surface area contributed by atoms with Crippen LogP contribution >= 0.6 is 24.8 Å². The molecular weight excluding hydrogens is 337 g/mol. The largest absolute Gasteiger partial charge is 0.379 e. The van der Waals surface area contributed by atoms with Gasteiger partial charge in [0.15, 0.2) is 0 Å². The van der Waals surface area contributed by atoms with Gasteiger partial charge in [-0.05, 0) is 32.6 Å². The monoisotopic (exact) mass is 369 g/mol. The molecule has 23 heavy (non-hydrogen) atoms. The number of halogens is 2. The summed E-state index contributed by atoms with van der Waals surface area (Å²) in [4.78, 5) is 14.6. The molecule has 0 spiro atoms. The van der Waals surface area contributed by atoms with Crippen molar-refractivity contribution < 1.29 is 9.53 Å². The third-order valence-electron chi connectivity index (χ3n) is 5.00. The van der Waals surface area contributed by atoms with Crippen LogP contribution in [0.5, 0.6) is 0 Å². The van der Waals surface area contributed by atoms with E-state index < -0.39 is 0 Å². The van der Waals surface area contributed by atoms with E-state index in [0.29, 0.717) is 18.9 Å². The summed E-state index contributed by atoms with van der Waals surface area (Å²) in [5, 5.41) is 3.11. The molecule has 3 N–H and O–H groups in total. The van der Waals surface area contributed by atoms with Crippen molar-refractivity contribution in [3.05, 3.63) is 0 Å². The van der Waals surface area contributed by atoms with Crippen LogP contribution in [0.15, 0.2) is 0 Å². The molecule has 0 aromatic rings. The van der Waals surface area contributed by atoms with Gasteiger partial charge in [-0.2, -0.15) is 0 Å². The second-order valence-electron chi connectivity index (χ2n) is 7.10. The van der Waals surface area contributed by atoms with Crippen LogP contribution in [-0.4, -0.2) is 55.2 Å². The Morgan fingerprint density at radius 3 is 2.43 bits per heavy atom. The van der Waals surface area contributed by atoms with E-state index in [1.807, 2.05) is 0 Å². The molecular formula is C16H33Cl2N3O2. The summed E-state index contributed by atoms with van der Waals surface area (Å²) in [6.07, 6.45) is 5.17. The predicted molar refractivity (Wildman–Crippen MR) is 98.5 cm³/mol. The molecule has 1 aliphatic carbocycles. The van der Waals surface area contributed by atoms with Crippen molar-refractivity contribution in [2.45, 2.75) is 57.5 Å². The Morgan fingerprint density at radius 2 is 1.83 bits per heavy atom. The first-order valence-electron chi connectivity index (χ1n) is 8.34. The standard InChI is InChI=1S/C16H31N3O2.2ClH/c1-16(2,19-7-9-21-10-8-19)12-18-15(20)11-13-5-3-4-6-14(13)17;;/h13-14H,3-12,17H2,1-2H3,(H,18,20);2*1H. The molecule has 2 rings (SSSR count). The number of carbonyl (C=O) groups excluding carboxylic acids is 1. The van der Waals surface area contributed by atoms with E-state index in [-0.39, 0.29) is 42.3 Å². The molecule has 1 amide bonds. The quantitative estimate of drug-likeness (QED) is 0.777. The molecule has 1 heterocycles. The number of nitrogens with two attached hydrogens (primary N) is 1. The van der Waals surface area contributed by atoms with Crippen LogP contribution in [0.25, 0.3) is 0 Å². The highest BCUT2D eigenvalue weighted by Crippen LogP contribution is 2.25. The molecule has 2 fully saturated rings. The van der Waals surface area contributed by atoms with Gasteiger partial charge in [0.1, 0.15) is 0 Å². The first kappa shape index (κ1) is 22.9. The van der Waals surface area contributed by atoms with Gasteiger partial charge in [-0.1, -0.05) is 12.8 Å². The summed E-state index contributed by atoms with van der Waals surface area (Å²) >= 11 is 0. The molecule has 0 radical (unpaired) electrons. The van der Waals surface area contributed by atoms with E-state index in [4.69, 9.17) is 10.5 Å². The smallest absolute Gasteiger partial charge is 0.220 e. The summed E-state index contributed by atoms with van der Waals surface area (Å²) in [6.45, 7) is 8.51. The van der Waals surface area contributed by atoms with Gasteiger partial charge in [0, 0.05) is 37.6 Å². The molecule has 5 nitrogen and oxygen atoms in total. The van der Waals surface area contributed by atoms with Gasteiger partial charge in [-0.25, -0.2) is 0 Å². The summed E-state index contributed by atoms with van der Waals surface area (Å²) < 4.78 is 5.39. The summed E-state index contributed by atoms with van der Waals surface area (Å²) in [5.74, 6) is 0.518. The average molecular weight is 370 g/mol. The maximum Gasteiger partial charge on any atom is 0.220 e. The van der Waals surface area contributed by atoms with E-state index in [0.717, 1.165) is 39.1 Å². The van der Waals surface area contributed by atoms with Crippen LogP contribution in [0.4, 0.5) is 0 Å². The molecule has 1 aliphatic heterocycles. The second kappa shape index (κ2) is 10.7. The van der Waals surface area contributed by atoms with Gasteiger partial charge < -0.3 is 15.8 Å². The molecule has 1 saturated carbocycles. The van der Waals surface area contributed by atoms with Crippen molar-refractivity contribution in [2.75, 3.05) is 32.8 Å². The molecule has 2 atom stereocenters. The highest BCUT2D eigenvalue weighted by Gasteiger charge is 2.29. The highest BCUT2D eigenvalue weighted by molar-refractivity contribution is 5.85. The first-order chi connectivity index (χ1) is 9.99. The Hall–Kier alpha value is -0.0700. The zero-order valence-corrected chi connectivity index (χ0v) is 16.0. The number of hydrogen-bond donors (Lipinski definition) is 2. The van der Waals surface area contributed by atoms with Gasteiger partial charge in [-0.15, -0.1) is 24.8 Å². The molecule has 2 aliphatic rings. The van der Waals surface area contributed by atoms with Crippen LogP contribution in [-0.2, 0) is 9.53 Å². The van der Waals surface area contributed by atoms with Crippen molar-refractivity contribution in [1.29, 1.82) is 0 Å². The predicted octanol–water partition coefficient (Wildman–Crippen LogP) is 1.96. The molecule has 0 bridgehead atoms. The van der Waals surface area contributed by atoms with Gasteiger partial charge in [-0.3, -0.25) is 9.69 Å². The van der Waals surface area contributed by atoms with E-state index in [1.54, 1.807) is 0 Å². The van der Waals surface area contributed by atoms with E-state index >= 15 is 0 Å². The Labute approximate surface area is 152 Å². The van der Waals surface area contributed by atoms with Gasteiger partial charge in [0.25, 0.3) is 0 Å². The zero-order chi connectivity index (χ0) is 15.3. The number of rotatable bonds is 5. The van der Waals surface area contributed by atoms with Crippen molar-refractivity contribution in [3.63, 3.8) is 0 Å². The average Bonchev–Trinajstić information content (AvgIpc) is 2.49. The Bertz CT molecular complexity index is 350. The maximum absolute atomic E-state index is 12.2. The third-order valence-corrected chi connectivity index (χ3v) is 5.00. The van der Waals surface area contributed by atoms with Crippen LogP contribution < -0.4 is 11.1 Å². The lowest BCUT2D eigenvalue weighted by atomic mass is 9.83. The fourth-order valence-corrected chi connectivity index (χ4v) is 3.40. The van der Waals surface area contributed by atoms with E-state index in [9.17, 15) is 4.79 Å². The minimum absolute atomic E-state index is 0. The van der Waals surface area contributed by atoms with Crippen molar-refractivity contribution in [1.82, 2.24) is 10.2 Å². The summed E-state index contributed by atoms with van der Waals surface area (Å²) in [6, 6.07) is 0.205.